The van der Waals surface area contributed by atoms with Crippen LogP contribution >= 0.6 is 23.1 Å². The summed E-state index contributed by atoms with van der Waals surface area (Å²) in [5, 5.41) is 12.5. The molecule has 14 heavy (non-hydrogen) atoms. The van der Waals surface area contributed by atoms with Crippen LogP contribution in [-0.2, 0) is 16.0 Å². The Morgan fingerprint density at radius 2 is 2.36 bits per heavy atom. The molecule has 0 saturated heterocycles. The lowest BCUT2D eigenvalue weighted by Crippen LogP contribution is -2.30. The number of aliphatic carboxylic acids is 1. The molecular formula is C7H7ClN2O3S. The number of carbonyl (C=O) groups is 2. The molecule has 0 aliphatic rings. The van der Waals surface area contributed by atoms with Gasteiger partial charge in [0, 0.05) is 10.9 Å². The predicted octanol–water partition coefficient (Wildman–Crippen LogP) is 0.540. The second kappa shape index (κ2) is 4.92. The second-order valence-corrected chi connectivity index (χ2v) is 3.46. The minimum absolute atomic E-state index is 0.0581. The van der Waals surface area contributed by atoms with E-state index in [-0.39, 0.29) is 18.9 Å². The maximum atomic E-state index is 11.1. The molecule has 2 N–H and O–H groups in total. The Hall–Kier alpha value is -1.14. The zero-order valence-electron chi connectivity index (χ0n) is 6.99. The summed E-state index contributed by atoms with van der Waals surface area (Å²) in [7, 11) is 0. The number of carbonyl (C=O) groups excluding carboxylic acids is 1. The van der Waals surface area contributed by atoms with E-state index in [1.54, 1.807) is 5.38 Å². The topological polar surface area (TPSA) is 79.3 Å². The molecule has 1 aromatic heterocycles. The first-order valence-electron chi connectivity index (χ1n) is 3.67. The van der Waals surface area contributed by atoms with E-state index in [1.807, 2.05) is 0 Å². The van der Waals surface area contributed by atoms with Crippen molar-refractivity contribution in [3.05, 3.63) is 16.1 Å². The fraction of sp³-hybridized carbons (Fsp3) is 0.286. The summed E-state index contributed by atoms with van der Waals surface area (Å²) in [6.07, 6.45) is 0.0581. The van der Waals surface area contributed by atoms with E-state index in [9.17, 15) is 9.59 Å². The molecule has 0 aliphatic carbocycles. The van der Waals surface area contributed by atoms with Gasteiger partial charge in [0.1, 0.15) is 11.7 Å². The van der Waals surface area contributed by atoms with Crippen LogP contribution in [0.2, 0.25) is 5.15 Å². The number of hydrogen-bond acceptors (Lipinski definition) is 4. The van der Waals surface area contributed by atoms with E-state index in [0.29, 0.717) is 10.7 Å². The minimum Gasteiger partial charge on any atom is -0.480 e. The van der Waals surface area contributed by atoms with Gasteiger partial charge in [-0.2, -0.15) is 4.37 Å². The maximum absolute atomic E-state index is 11.1. The molecule has 76 valence electrons. The van der Waals surface area contributed by atoms with Crippen LogP contribution in [0.1, 0.15) is 5.56 Å². The van der Waals surface area contributed by atoms with Crippen LogP contribution in [0.5, 0.6) is 0 Å². The van der Waals surface area contributed by atoms with Gasteiger partial charge >= 0.3 is 5.97 Å². The monoisotopic (exact) mass is 234 g/mol. The molecule has 1 amide bonds. The minimum atomic E-state index is -1.08. The Bertz CT molecular complexity index is 352. The second-order valence-electron chi connectivity index (χ2n) is 2.48. The summed E-state index contributed by atoms with van der Waals surface area (Å²) in [4.78, 5) is 21.2. The molecule has 0 aliphatic heterocycles. The summed E-state index contributed by atoms with van der Waals surface area (Å²) in [5.41, 5.74) is 0.611. The van der Waals surface area contributed by atoms with E-state index in [2.05, 4.69) is 9.69 Å². The summed E-state index contributed by atoms with van der Waals surface area (Å²) >= 11 is 6.80. The Labute approximate surface area is 88.9 Å². The van der Waals surface area contributed by atoms with E-state index >= 15 is 0 Å². The Morgan fingerprint density at radius 3 is 2.86 bits per heavy atom. The average molecular weight is 235 g/mol. The van der Waals surface area contributed by atoms with Crippen molar-refractivity contribution < 1.29 is 14.7 Å². The van der Waals surface area contributed by atoms with Crippen molar-refractivity contribution in [2.75, 3.05) is 6.54 Å². The molecule has 0 bridgehead atoms. The largest absolute Gasteiger partial charge is 0.480 e. The number of aromatic nitrogens is 1. The summed E-state index contributed by atoms with van der Waals surface area (Å²) in [5.74, 6) is -1.46. The third-order valence-corrected chi connectivity index (χ3v) is 2.49. The van der Waals surface area contributed by atoms with Gasteiger partial charge in [-0.3, -0.25) is 9.59 Å². The fourth-order valence-corrected chi connectivity index (χ4v) is 1.66. The van der Waals surface area contributed by atoms with Crippen molar-refractivity contribution in [2.45, 2.75) is 6.42 Å². The van der Waals surface area contributed by atoms with Crippen LogP contribution < -0.4 is 5.32 Å². The Balaban J connectivity index is 2.42. The average Bonchev–Trinajstić information content (AvgIpc) is 2.49. The van der Waals surface area contributed by atoms with Crippen molar-refractivity contribution in [1.29, 1.82) is 0 Å². The molecule has 1 heterocycles. The zero-order chi connectivity index (χ0) is 10.6. The van der Waals surface area contributed by atoms with Crippen molar-refractivity contribution in [3.8, 4) is 0 Å². The first kappa shape index (κ1) is 10.9. The van der Waals surface area contributed by atoms with Crippen LogP contribution in [0.25, 0.3) is 0 Å². The van der Waals surface area contributed by atoms with Crippen LogP contribution in [0.4, 0.5) is 0 Å². The van der Waals surface area contributed by atoms with Gasteiger partial charge in [0.05, 0.1) is 6.42 Å². The van der Waals surface area contributed by atoms with Crippen LogP contribution in [-0.4, -0.2) is 27.9 Å². The maximum Gasteiger partial charge on any atom is 0.322 e. The highest BCUT2D eigenvalue weighted by atomic mass is 35.5. The molecule has 0 radical (unpaired) electrons. The first-order valence-corrected chi connectivity index (χ1v) is 4.88. The zero-order valence-corrected chi connectivity index (χ0v) is 8.56. The van der Waals surface area contributed by atoms with Crippen molar-refractivity contribution >= 4 is 35.0 Å². The predicted molar refractivity (Wildman–Crippen MR) is 51.5 cm³/mol. The lowest BCUT2D eigenvalue weighted by atomic mass is 10.2. The number of amides is 1. The van der Waals surface area contributed by atoms with Crippen molar-refractivity contribution in [1.82, 2.24) is 9.69 Å². The molecule has 1 aromatic rings. The normalized spacial score (nSPS) is 9.79. The molecule has 0 saturated carbocycles. The number of carboxylic acids is 1. The fourth-order valence-electron chi connectivity index (χ4n) is 0.768. The molecule has 0 atom stereocenters. The Morgan fingerprint density at radius 1 is 1.64 bits per heavy atom. The van der Waals surface area contributed by atoms with Crippen LogP contribution in [0.3, 0.4) is 0 Å². The molecule has 0 unspecified atom stereocenters. The molecule has 7 heteroatoms. The molecule has 0 spiro atoms. The van der Waals surface area contributed by atoms with Gasteiger partial charge in [0.15, 0.2) is 0 Å². The molecular weight excluding hydrogens is 228 g/mol. The van der Waals surface area contributed by atoms with Crippen molar-refractivity contribution in [3.63, 3.8) is 0 Å². The molecule has 5 nitrogen and oxygen atoms in total. The van der Waals surface area contributed by atoms with Gasteiger partial charge < -0.3 is 10.4 Å². The van der Waals surface area contributed by atoms with Gasteiger partial charge in [-0.25, -0.2) is 0 Å². The van der Waals surface area contributed by atoms with E-state index in [4.69, 9.17) is 16.7 Å². The van der Waals surface area contributed by atoms with Crippen molar-refractivity contribution in [2.24, 2.45) is 0 Å². The number of nitrogens with one attached hydrogen (secondary N) is 1. The lowest BCUT2D eigenvalue weighted by molar-refractivity contribution is -0.137. The SMILES string of the molecule is O=C(O)CNC(=O)Cc1csnc1Cl. The van der Waals surface area contributed by atoms with E-state index < -0.39 is 5.97 Å². The molecule has 1 rings (SSSR count). The number of nitrogens with zero attached hydrogens (tertiary/aromatic N) is 1. The number of rotatable bonds is 4. The number of hydrogen-bond donors (Lipinski definition) is 2. The van der Waals surface area contributed by atoms with E-state index in [1.165, 1.54) is 0 Å². The quantitative estimate of drug-likeness (QED) is 0.797. The number of carboxylic acid groups (broad SMARTS) is 1. The van der Waals surface area contributed by atoms with Gasteiger partial charge in [-0.15, -0.1) is 0 Å². The standard InChI is InChI=1S/C7H7ClN2O3S/c8-7-4(3-14-10-7)1-5(11)9-2-6(12)13/h3H,1-2H2,(H,9,11)(H,12,13). The molecule has 0 fully saturated rings. The number of halogens is 1. The highest BCUT2D eigenvalue weighted by Crippen LogP contribution is 2.16. The first-order chi connectivity index (χ1) is 6.59. The smallest absolute Gasteiger partial charge is 0.322 e. The highest BCUT2D eigenvalue weighted by Gasteiger charge is 2.09. The Kier molecular flexibility index (Phi) is 3.84. The lowest BCUT2D eigenvalue weighted by Gasteiger charge is -1.99. The summed E-state index contributed by atoms with van der Waals surface area (Å²) in [6.45, 7) is -0.381. The van der Waals surface area contributed by atoms with Gasteiger partial charge in [0.25, 0.3) is 0 Å². The van der Waals surface area contributed by atoms with Gasteiger partial charge in [0.2, 0.25) is 5.91 Å². The third kappa shape index (κ3) is 3.31. The molecule has 0 aromatic carbocycles. The van der Waals surface area contributed by atoms with E-state index in [0.717, 1.165) is 11.5 Å². The van der Waals surface area contributed by atoms with Crippen LogP contribution in [0, 0.1) is 0 Å². The van der Waals surface area contributed by atoms with Crippen LogP contribution in [0.15, 0.2) is 5.38 Å². The summed E-state index contributed by atoms with van der Waals surface area (Å²) in [6, 6.07) is 0. The third-order valence-electron chi connectivity index (χ3n) is 1.38. The summed E-state index contributed by atoms with van der Waals surface area (Å²) < 4.78 is 3.78. The van der Waals surface area contributed by atoms with Gasteiger partial charge in [-0.05, 0) is 11.5 Å². The highest BCUT2D eigenvalue weighted by molar-refractivity contribution is 7.04. The van der Waals surface area contributed by atoms with Gasteiger partial charge in [-0.1, -0.05) is 11.6 Å².